The smallest absolute Gasteiger partial charge is 0.462 e. The first-order valence-electron chi connectivity index (χ1n) is 22.6. The number of nitrogens with zero attached hydrogens (tertiary/aromatic N) is 1. The molecule has 0 aromatic heterocycles. The average molecular weight is 801 g/mol. The Balaban J connectivity index is 4.40. The summed E-state index contributed by atoms with van der Waals surface area (Å²) in [6.45, 7) is 4.39. The number of phosphoric acid groups is 1. The summed E-state index contributed by atoms with van der Waals surface area (Å²) in [5, 5.41) is 0. The van der Waals surface area contributed by atoms with Crippen LogP contribution in [0.5, 0.6) is 0 Å². The summed E-state index contributed by atoms with van der Waals surface area (Å²) < 4.78 is 34.3. The van der Waals surface area contributed by atoms with E-state index in [2.05, 4.69) is 38.2 Å². The molecule has 0 aromatic carbocycles. The molecular formula is C45H87NO8P+. The van der Waals surface area contributed by atoms with E-state index in [1.165, 1.54) is 128 Å². The van der Waals surface area contributed by atoms with Gasteiger partial charge in [-0.15, -0.1) is 0 Å². The van der Waals surface area contributed by atoms with Gasteiger partial charge < -0.3 is 18.9 Å². The van der Waals surface area contributed by atoms with Crippen LogP contribution in [0.2, 0.25) is 0 Å². The molecule has 55 heavy (non-hydrogen) atoms. The summed E-state index contributed by atoms with van der Waals surface area (Å²) in [6, 6.07) is 0. The lowest BCUT2D eigenvalue weighted by Crippen LogP contribution is -2.37. The van der Waals surface area contributed by atoms with Gasteiger partial charge in [0.1, 0.15) is 19.8 Å². The third-order valence-electron chi connectivity index (χ3n) is 9.73. The van der Waals surface area contributed by atoms with E-state index >= 15 is 0 Å². The fourth-order valence-electron chi connectivity index (χ4n) is 6.17. The number of unbranched alkanes of at least 4 members (excludes halogenated alkanes) is 23. The number of carbonyl (C=O) groups excluding carboxylic acids is 2. The summed E-state index contributed by atoms with van der Waals surface area (Å²) in [6.07, 6.45) is 40.9. The highest BCUT2D eigenvalue weighted by Crippen LogP contribution is 2.43. The Morgan fingerprint density at radius 2 is 1.00 bits per heavy atom. The highest BCUT2D eigenvalue weighted by molar-refractivity contribution is 7.47. The molecule has 2 atom stereocenters. The zero-order chi connectivity index (χ0) is 40.7. The Morgan fingerprint density at radius 3 is 1.49 bits per heavy atom. The van der Waals surface area contributed by atoms with Crippen molar-refractivity contribution in [3.05, 3.63) is 24.3 Å². The number of esters is 2. The monoisotopic (exact) mass is 801 g/mol. The topological polar surface area (TPSA) is 108 Å². The summed E-state index contributed by atoms with van der Waals surface area (Å²) in [7, 11) is 1.46. The van der Waals surface area contributed by atoms with Crippen molar-refractivity contribution in [2.24, 2.45) is 0 Å². The van der Waals surface area contributed by atoms with Crippen LogP contribution >= 0.6 is 7.82 Å². The SMILES string of the molecule is CCCCCCCCCCC/C=C/C/C=C/CCCC(=O)O[C@H](COC(=O)CCCCCCCCCCCCCCCC)COP(=O)(O)OCC[N+](C)(C)C. The highest BCUT2D eigenvalue weighted by atomic mass is 31.2. The van der Waals surface area contributed by atoms with E-state index in [9.17, 15) is 19.0 Å². The van der Waals surface area contributed by atoms with Crippen LogP contribution in [0, 0.1) is 0 Å². The minimum absolute atomic E-state index is 0.0263. The molecule has 0 saturated carbocycles. The van der Waals surface area contributed by atoms with Gasteiger partial charge in [-0.1, -0.05) is 173 Å². The van der Waals surface area contributed by atoms with Gasteiger partial charge in [-0.2, -0.15) is 0 Å². The summed E-state index contributed by atoms with van der Waals surface area (Å²) in [5.41, 5.74) is 0. The Bertz CT molecular complexity index is 996. The summed E-state index contributed by atoms with van der Waals surface area (Å²) in [5.74, 6) is -0.844. The fraction of sp³-hybridized carbons (Fsp3) is 0.867. The van der Waals surface area contributed by atoms with Crippen molar-refractivity contribution < 1.29 is 42.1 Å². The number of allylic oxidation sites excluding steroid dienone is 4. The molecule has 324 valence electrons. The third kappa shape index (κ3) is 41.9. The Morgan fingerprint density at radius 1 is 0.564 bits per heavy atom. The molecule has 9 nitrogen and oxygen atoms in total. The zero-order valence-corrected chi connectivity index (χ0v) is 37.3. The molecule has 0 amide bonds. The first-order valence-corrected chi connectivity index (χ1v) is 24.1. The molecule has 0 aliphatic heterocycles. The van der Waals surface area contributed by atoms with Crippen LogP contribution < -0.4 is 0 Å². The minimum atomic E-state index is -4.38. The van der Waals surface area contributed by atoms with Crippen LogP contribution in [0.15, 0.2) is 24.3 Å². The van der Waals surface area contributed by atoms with Gasteiger partial charge in [0.05, 0.1) is 27.7 Å². The molecule has 1 unspecified atom stereocenters. The van der Waals surface area contributed by atoms with E-state index in [0.29, 0.717) is 17.4 Å². The number of ether oxygens (including phenoxy) is 2. The van der Waals surface area contributed by atoms with Crippen LogP contribution in [0.25, 0.3) is 0 Å². The van der Waals surface area contributed by atoms with Gasteiger partial charge in [-0.3, -0.25) is 18.6 Å². The van der Waals surface area contributed by atoms with Crippen molar-refractivity contribution in [3.8, 4) is 0 Å². The molecule has 0 spiro atoms. The van der Waals surface area contributed by atoms with Gasteiger partial charge >= 0.3 is 19.8 Å². The number of hydrogen-bond donors (Lipinski definition) is 1. The fourth-order valence-corrected chi connectivity index (χ4v) is 6.91. The summed E-state index contributed by atoms with van der Waals surface area (Å²) in [4.78, 5) is 35.3. The predicted octanol–water partition coefficient (Wildman–Crippen LogP) is 12.7. The van der Waals surface area contributed by atoms with Crippen LogP contribution in [-0.2, 0) is 32.7 Å². The molecule has 0 heterocycles. The van der Waals surface area contributed by atoms with Crippen molar-refractivity contribution in [2.45, 2.75) is 206 Å². The van der Waals surface area contributed by atoms with Crippen molar-refractivity contribution in [1.29, 1.82) is 0 Å². The maximum Gasteiger partial charge on any atom is 0.472 e. The molecule has 0 bridgehead atoms. The largest absolute Gasteiger partial charge is 0.472 e. The van der Waals surface area contributed by atoms with E-state index in [4.69, 9.17) is 18.5 Å². The van der Waals surface area contributed by atoms with E-state index in [0.717, 1.165) is 38.5 Å². The Hall–Kier alpha value is -1.51. The third-order valence-corrected chi connectivity index (χ3v) is 10.7. The van der Waals surface area contributed by atoms with Crippen LogP contribution in [0.4, 0.5) is 0 Å². The predicted molar refractivity (Wildman–Crippen MR) is 229 cm³/mol. The lowest BCUT2D eigenvalue weighted by molar-refractivity contribution is -0.870. The molecular weight excluding hydrogens is 713 g/mol. The van der Waals surface area contributed by atoms with Crippen LogP contribution in [0.3, 0.4) is 0 Å². The normalized spacial score (nSPS) is 13.8. The van der Waals surface area contributed by atoms with Gasteiger partial charge in [0.2, 0.25) is 0 Å². The first-order chi connectivity index (χ1) is 26.5. The lowest BCUT2D eigenvalue weighted by atomic mass is 10.0. The number of quaternary nitrogens is 1. The molecule has 1 N–H and O–H groups in total. The van der Waals surface area contributed by atoms with Crippen molar-refractivity contribution in [2.75, 3.05) is 47.5 Å². The molecule has 0 saturated heterocycles. The first kappa shape index (κ1) is 53.5. The second-order valence-electron chi connectivity index (χ2n) is 16.4. The van der Waals surface area contributed by atoms with Crippen molar-refractivity contribution in [1.82, 2.24) is 0 Å². The van der Waals surface area contributed by atoms with E-state index in [1.54, 1.807) is 0 Å². The number of carbonyl (C=O) groups is 2. The number of hydrogen-bond acceptors (Lipinski definition) is 7. The zero-order valence-electron chi connectivity index (χ0n) is 36.4. The second kappa shape index (κ2) is 38.0. The molecule has 0 aromatic rings. The maximum atomic E-state index is 12.7. The Kier molecular flexibility index (Phi) is 37.0. The minimum Gasteiger partial charge on any atom is -0.462 e. The van der Waals surface area contributed by atoms with E-state index in [-0.39, 0.29) is 32.0 Å². The van der Waals surface area contributed by atoms with Gasteiger partial charge in [0, 0.05) is 12.8 Å². The number of rotatable bonds is 41. The summed E-state index contributed by atoms with van der Waals surface area (Å²) >= 11 is 0. The van der Waals surface area contributed by atoms with Gasteiger partial charge in [-0.25, -0.2) is 4.57 Å². The van der Waals surface area contributed by atoms with Crippen LogP contribution in [-0.4, -0.2) is 74.9 Å². The average Bonchev–Trinajstić information content (AvgIpc) is 3.13. The van der Waals surface area contributed by atoms with Gasteiger partial charge in [0.25, 0.3) is 0 Å². The van der Waals surface area contributed by atoms with E-state index < -0.39 is 26.5 Å². The van der Waals surface area contributed by atoms with Crippen molar-refractivity contribution in [3.63, 3.8) is 0 Å². The standard InChI is InChI=1S/C45H86NO8P/c1-6-8-10-12-14-16-18-20-22-23-24-26-28-30-32-34-36-38-45(48)54-43(42-53-55(49,50)52-40-39-46(3,4)5)41-51-44(47)37-35-33-31-29-27-25-21-19-17-15-13-11-9-7-2/h24,26,30,32,43H,6-23,25,27-29,31,33-42H2,1-5H3/p+1/b26-24+,32-30+/t43-/m1/s1. The van der Waals surface area contributed by atoms with Crippen molar-refractivity contribution >= 4 is 19.8 Å². The molecule has 0 fully saturated rings. The molecule has 0 aliphatic rings. The molecule has 0 radical (unpaired) electrons. The quantitative estimate of drug-likeness (QED) is 0.0214. The molecule has 10 heteroatoms. The maximum absolute atomic E-state index is 12.7. The van der Waals surface area contributed by atoms with E-state index in [1.807, 2.05) is 21.1 Å². The lowest BCUT2D eigenvalue weighted by Gasteiger charge is -2.24. The second-order valence-corrected chi connectivity index (χ2v) is 17.9. The Labute approximate surface area is 339 Å². The molecule has 0 rings (SSSR count). The van der Waals surface area contributed by atoms with Crippen LogP contribution in [0.1, 0.15) is 200 Å². The van der Waals surface area contributed by atoms with Gasteiger partial charge in [0.15, 0.2) is 6.10 Å². The number of likely N-dealkylation sites (N-methyl/N-ethyl adjacent to an activating group) is 1. The molecule has 0 aliphatic carbocycles. The van der Waals surface area contributed by atoms with Gasteiger partial charge in [-0.05, 0) is 38.5 Å². The highest BCUT2D eigenvalue weighted by Gasteiger charge is 2.27. The number of phosphoric ester groups is 1.